The quantitative estimate of drug-likeness (QED) is 0.562. The topological polar surface area (TPSA) is 67.4 Å². The molecule has 1 rings (SSSR count). The van der Waals surface area contributed by atoms with Gasteiger partial charge in [-0.3, -0.25) is 4.79 Å². The molecule has 0 heterocycles. The maximum atomic E-state index is 11.7. The van der Waals surface area contributed by atoms with Gasteiger partial charge in [0.15, 0.2) is 0 Å². The van der Waals surface area contributed by atoms with Crippen molar-refractivity contribution in [3.05, 3.63) is 0 Å². The van der Waals surface area contributed by atoms with E-state index in [9.17, 15) is 9.59 Å². The standard InChI is InChI=1S/C13H24N2O3/c1-2-14-13(17)15-9-6-10-18-12(16)11-7-4-3-5-8-11/h11H,2-10H2,1H3,(H2,14,15,17). The van der Waals surface area contributed by atoms with Crippen molar-refractivity contribution in [2.75, 3.05) is 19.7 Å². The lowest BCUT2D eigenvalue weighted by Gasteiger charge is -2.19. The third kappa shape index (κ3) is 5.89. The van der Waals surface area contributed by atoms with Crippen molar-refractivity contribution in [1.82, 2.24) is 10.6 Å². The smallest absolute Gasteiger partial charge is 0.314 e. The molecule has 5 heteroatoms. The molecule has 0 aromatic rings. The zero-order valence-corrected chi connectivity index (χ0v) is 11.2. The molecular formula is C13H24N2O3. The van der Waals surface area contributed by atoms with Crippen molar-refractivity contribution in [3.63, 3.8) is 0 Å². The number of ether oxygens (including phenoxy) is 1. The summed E-state index contributed by atoms with van der Waals surface area (Å²) in [7, 11) is 0. The van der Waals surface area contributed by atoms with E-state index in [-0.39, 0.29) is 17.9 Å². The normalized spacial score (nSPS) is 16.1. The van der Waals surface area contributed by atoms with Crippen LogP contribution < -0.4 is 10.6 Å². The molecule has 18 heavy (non-hydrogen) atoms. The number of urea groups is 1. The van der Waals surface area contributed by atoms with Crippen molar-refractivity contribution in [1.29, 1.82) is 0 Å². The molecule has 1 aliphatic rings. The predicted molar refractivity (Wildman–Crippen MR) is 69.2 cm³/mol. The first kappa shape index (κ1) is 14.8. The van der Waals surface area contributed by atoms with Gasteiger partial charge in [-0.15, -0.1) is 0 Å². The second-order valence-corrected chi connectivity index (χ2v) is 4.64. The number of nitrogens with one attached hydrogen (secondary N) is 2. The van der Waals surface area contributed by atoms with Crippen LogP contribution in [-0.2, 0) is 9.53 Å². The summed E-state index contributed by atoms with van der Waals surface area (Å²) in [6.45, 7) is 3.40. The molecular weight excluding hydrogens is 232 g/mol. The molecule has 0 radical (unpaired) electrons. The van der Waals surface area contributed by atoms with E-state index < -0.39 is 0 Å². The first-order valence-electron chi connectivity index (χ1n) is 6.92. The number of amides is 2. The van der Waals surface area contributed by atoms with Crippen LogP contribution in [0.4, 0.5) is 4.79 Å². The minimum Gasteiger partial charge on any atom is -0.465 e. The van der Waals surface area contributed by atoms with Crippen LogP contribution >= 0.6 is 0 Å². The Morgan fingerprint density at radius 3 is 2.56 bits per heavy atom. The molecule has 2 amide bonds. The molecule has 0 aromatic heterocycles. The van der Waals surface area contributed by atoms with Crippen molar-refractivity contribution in [2.45, 2.75) is 45.4 Å². The van der Waals surface area contributed by atoms with Gasteiger partial charge in [-0.1, -0.05) is 19.3 Å². The second kappa shape index (κ2) is 8.78. The highest BCUT2D eigenvalue weighted by atomic mass is 16.5. The van der Waals surface area contributed by atoms with Gasteiger partial charge in [-0.05, 0) is 26.2 Å². The lowest BCUT2D eigenvalue weighted by atomic mass is 9.89. The van der Waals surface area contributed by atoms with E-state index >= 15 is 0 Å². The average Bonchev–Trinajstić information content (AvgIpc) is 2.39. The lowest BCUT2D eigenvalue weighted by Crippen LogP contribution is -2.36. The van der Waals surface area contributed by atoms with Crippen LogP contribution in [0.15, 0.2) is 0 Å². The Morgan fingerprint density at radius 2 is 1.89 bits per heavy atom. The molecule has 104 valence electrons. The molecule has 1 fully saturated rings. The van der Waals surface area contributed by atoms with Crippen molar-refractivity contribution in [3.8, 4) is 0 Å². The molecule has 0 aliphatic heterocycles. The van der Waals surface area contributed by atoms with Crippen molar-refractivity contribution in [2.24, 2.45) is 5.92 Å². The molecule has 2 N–H and O–H groups in total. The predicted octanol–water partition coefficient (Wildman–Crippen LogP) is 1.82. The van der Waals surface area contributed by atoms with Gasteiger partial charge in [-0.25, -0.2) is 4.79 Å². The monoisotopic (exact) mass is 256 g/mol. The van der Waals surface area contributed by atoms with Gasteiger partial charge in [0.2, 0.25) is 0 Å². The Labute approximate surface area is 109 Å². The molecule has 1 saturated carbocycles. The largest absolute Gasteiger partial charge is 0.465 e. The third-order valence-corrected chi connectivity index (χ3v) is 3.13. The van der Waals surface area contributed by atoms with Gasteiger partial charge in [-0.2, -0.15) is 0 Å². The van der Waals surface area contributed by atoms with Crippen LogP contribution in [0.5, 0.6) is 0 Å². The maximum Gasteiger partial charge on any atom is 0.314 e. The van der Waals surface area contributed by atoms with Gasteiger partial charge >= 0.3 is 12.0 Å². The maximum absolute atomic E-state index is 11.7. The van der Waals surface area contributed by atoms with Crippen LogP contribution in [0.1, 0.15) is 45.4 Å². The summed E-state index contributed by atoms with van der Waals surface area (Å²) in [4.78, 5) is 22.7. The van der Waals surface area contributed by atoms with Crippen LogP contribution in [0.3, 0.4) is 0 Å². The molecule has 0 spiro atoms. The highest BCUT2D eigenvalue weighted by Gasteiger charge is 2.21. The van der Waals surface area contributed by atoms with Gasteiger partial charge in [0.25, 0.3) is 0 Å². The molecule has 0 saturated heterocycles. The van der Waals surface area contributed by atoms with Crippen molar-refractivity contribution >= 4 is 12.0 Å². The molecule has 0 aromatic carbocycles. The van der Waals surface area contributed by atoms with Gasteiger partial charge in [0.1, 0.15) is 0 Å². The van der Waals surface area contributed by atoms with Gasteiger partial charge in [0, 0.05) is 13.1 Å². The first-order valence-corrected chi connectivity index (χ1v) is 6.92. The Kier molecular flexibility index (Phi) is 7.22. The van der Waals surface area contributed by atoms with E-state index in [4.69, 9.17) is 4.74 Å². The van der Waals surface area contributed by atoms with E-state index in [1.807, 2.05) is 6.92 Å². The summed E-state index contributed by atoms with van der Waals surface area (Å²) in [5, 5.41) is 5.33. The Morgan fingerprint density at radius 1 is 1.17 bits per heavy atom. The van der Waals surface area contributed by atoms with Crippen LogP contribution in [0.25, 0.3) is 0 Å². The summed E-state index contributed by atoms with van der Waals surface area (Å²) in [6, 6.07) is -0.170. The summed E-state index contributed by atoms with van der Waals surface area (Å²) in [5.41, 5.74) is 0. The molecule has 0 bridgehead atoms. The summed E-state index contributed by atoms with van der Waals surface area (Å²) >= 11 is 0. The molecule has 5 nitrogen and oxygen atoms in total. The van der Waals surface area contributed by atoms with E-state index in [1.165, 1.54) is 6.42 Å². The third-order valence-electron chi connectivity index (χ3n) is 3.13. The minimum absolute atomic E-state index is 0.0623. The minimum atomic E-state index is -0.170. The first-order chi connectivity index (χ1) is 8.74. The number of carbonyl (C=O) groups excluding carboxylic acids is 2. The fraction of sp³-hybridized carbons (Fsp3) is 0.846. The number of rotatable bonds is 6. The van der Waals surface area contributed by atoms with Gasteiger partial charge in [0.05, 0.1) is 12.5 Å². The highest BCUT2D eigenvalue weighted by Crippen LogP contribution is 2.24. The zero-order chi connectivity index (χ0) is 13.2. The van der Waals surface area contributed by atoms with E-state index in [2.05, 4.69) is 10.6 Å². The van der Waals surface area contributed by atoms with E-state index in [0.29, 0.717) is 26.1 Å². The summed E-state index contributed by atoms with van der Waals surface area (Å²) in [5.74, 6) is 0.0443. The Bertz CT molecular complexity index is 263. The Balaban J connectivity index is 2.00. The van der Waals surface area contributed by atoms with Crippen molar-refractivity contribution < 1.29 is 14.3 Å². The second-order valence-electron chi connectivity index (χ2n) is 4.64. The summed E-state index contributed by atoms with van der Waals surface area (Å²) < 4.78 is 5.21. The molecule has 0 atom stereocenters. The summed E-state index contributed by atoms with van der Waals surface area (Å²) in [6.07, 6.45) is 6.11. The average molecular weight is 256 g/mol. The van der Waals surface area contributed by atoms with E-state index in [0.717, 1.165) is 25.7 Å². The molecule has 0 unspecified atom stereocenters. The fourth-order valence-corrected chi connectivity index (χ4v) is 2.13. The molecule has 1 aliphatic carbocycles. The van der Waals surface area contributed by atoms with Crippen LogP contribution in [0, 0.1) is 5.92 Å². The Hall–Kier alpha value is -1.26. The van der Waals surface area contributed by atoms with Crippen LogP contribution in [0.2, 0.25) is 0 Å². The van der Waals surface area contributed by atoms with Gasteiger partial charge < -0.3 is 15.4 Å². The number of hydrogen-bond acceptors (Lipinski definition) is 3. The number of esters is 1. The fourth-order valence-electron chi connectivity index (χ4n) is 2.13. The highest BCUT2D eigenvalue weighted by molar-refractivity contribution is 5.73. The zero-order valence-electron chi connectivity index (χ0n) is 11.2. The number of hydrogen-bond donors (Lipinski definition) is 2. The number of carbonyl (C=O) groups is 2. The lowest BCUT2D eigenvalue weighted by molar-refractivity contribution is -0.149. The van der Waals surface area contributed by atoms with E-state index in [1.54, 1.807) is 0 Å². The van der Waals surface area contributed by atoms with Crippen LogP contribution in [-0.4, -0.2) is 31.7 Å². The SMILES string of the molecule is CCNC(=O)NCCCOC(=O)C1CCCCC1.